The molecule has 0 amide bonds. The van der Waals surface area contributed by atoms with Gasteiger partial charge in [0.15, 0.2) is 11.5 Å². The van der Waals surface area contributed by atoms with Crippen molar-refractivity contribution in [2.24, 2.45) is 0 Å². The molecule has 0 saturated heterocycles. The molecule has 4 N–H and O–H groups in total. The summed E-state index contributed by atoms with van der Waals surface area (Å²) in [6.07, 6.45) is 2.46. The number of nitrogens with two attached hydrogens (primary N) is 2. The Labute approximate surface area is 158 Å². The SMILES string of the molecule is Nc1ccccc1OC(=O)CCCCCOCC(=O)Oc1ccccc1N. The molecule has 0 fully saturated rings. The number of esters is 2. The van der Waals surface area contributed by atoms with Crippen molar-refractivity contribution in [3.8, 4) is 11.5 Å². The van der Waals surface area contributed by atoms with Crippen LogP contribution in [0.1, 0.15) is 25.7 Å². The van der Waals surface area contributed by atoms with Gasteiger partial charge in [-0.15, -0.1) is 0 Å². The molecule has 0 aliphatic rings. The lowest BCUT2D eigenvalue weighted by molar-refractivity contribution is -0.139. The largest absolute Gasteiger partial charge is 0.424 e. The first-order valence-electron chi connectivity index (χ1n) is 8.74. The predicted octanol–water partition coefficient (Wildman–Crippen LogP) is 2.94. The van der Waals surface area contributed by atoms with Crippen LogP contribution in [0.4, 0.5) is 11.4 Å². The van der Waals surface area contributed by atoms with Crippen LogP contribution in [0.25, 0.3) is 0 Å². The smallest absolute Gasteiger partial charge is 0.337 e. The van der Waals surface area contributed by atoms with Gasteiger partial charge in [-0.05, 0) is 37.1 Å². The fraction of sp³-hybridized carbons (Fsp3) is 0.300. The average molecular weight is 372 g/mol. The second-order valence-corrected chi connectivity index (χ2v) is 5.89. The fourth-order valence-electron chi connectivity index (χ4n) is 2.28. The van der Waals surface area contributed by atoms with Gasteiger partial charge in [0.05, 0.1) is 11.4 Å². The first-order valence-corrected chi connectivity index (χ1v) is 8.74. The number of carbonyl (C=O) groups excluding carboxylic acids is 2. The Balaban J connectivity index is 1.52. The van der Waals surface area contributed by atoms with Crippen LogP contribution < -0.4 is 20.9 Å². The highest BCUT2D eigenvalue weighted by atomic mass is 16.6. The van der Waals surface area contributed by atoms with Gasteiger partial charge < -0.3 is 25.7 Å². The van der Waals surface area contributed by atoms with E-state index in [0.717, 1.165) is 12.8 Å². The number of para-hydroxylation sites is 4. The molecule has 27 heavy (non-hydrogen) atoms. The maximum absolute atomic E-state index is 11.8. The minimum absolute atomic E-state index is 0.149. The van der Waals surface area contributed by atoms with E-state index in [1.54, 1.807) is 48.5 Å². The summed E-state index contributed by atoms with van der Waals surface area (Å²) in [5.41, 5.74) is 12.3. The minimum atomic E-state index is -0.503. The lowest BCUT2D eigenvalue weighted by Crippen LogP contribution is -2.16. The zero-order valence-electron chi connectivity index (χ0n) is 15.1. The molecular formula is C20H24N2O5. The number of hydrogen-bond acceptors (Lipinski definition) is 7. The normalized spacial score (nSPS) is 10.4. The lowest BCUT2D eigenvalue weighted by Gasteiger charge is -2.08. The van der Waals surface area contributed by atoms with Crippen molar-refractivity contribution in [3.63, 3.8) is 0 Å². The molecule has 0 atom stereocenters. The second-order valence-electron chi connectivity index (χ2n) is 5.89. The van der Waals surface area contributed by atoms with Crippen molar-refractivity contribution < 1.29 is 23.8 Å². The summed E-state index contributed by atoms with van der Waals surface area (Å²) in [4.78, 5) is 23.4. The van der Waals surface area contributed by atoms with Crippen LogP contribution in [-0.2, 0) is 14.3 Å². The monoisotopic (exact) mass is 372 g/mol. The maximum atomic E-state index is 11.8. The molecule has 0 radical (unpaired) electrons. The molecule has 0 aliphatic carbocycles. The van der Waals surface area contributed by atoms with E-state index in [1.807, 2.05) is 0 Å². The van der Waals surface area contributed by atoms with Crippen LogP contribution >= 0.6 is 0 Å². The number of benzene rings is 2. The molecule has 0 saturated carbocycles. The van der Waals surface area contributed by atoms with Crippen LogP contribution in [0.2, 0.25) is 0 Å². The van der Waals surface area contributed by atoms with Crippen molar-refractivity contribution in [2.75, 3.05) is 24.7 Å². The van der Waals surface area contributed by atoms with Crippen LogP contribution in [0.3, 0.4) is 0 Å². The van der Waals surface area contributed by atoms with Gasteiger partial charge in [0.25, 0.3) is 0 Å². The Bertz CT molecular complexity index is 700. The molecule has 0 aromatic heterocycles. The van der Waals surface area contributed by atoms with E-state index in [-0.39, 0.29) is 12.6 Å². The number of anilines is 2. The van der Waals surface area contributed by atoms with Gasteiger partial charge >= 0.3 is 11.9 Å². The molecular weight excluding hydrogens is 348 g/mol. The fourth-order valence-corrected chi connectivity index (χ4v) is 2.28. The molecule has 0 spiro atoms. The van der Waals surface area contributed by atoms with E-state index in [4.69, 9.17) is 25.7 Å². The summed E-state index contributed by atoms with van der Waals surface area (Å²) in [5.74, 6) is -0.123. The third kappa shape index (κ3) is 7.37. The average Bonchev–Trinajstić information content (AvgIpc) is 2.65. The number of rotatable bonds is 10. The van der Waals surface area contributed by atoms with Crippen LogP contribution in [0, 0.1) is 0 Å². The highest BCUT2D eigenvalue weighted by Crippen LogP contribution is 2.21. The third-order valence-corrected chi connectivity index (χ3v) is 3.68. The number of carbonyl (C=O) groups is 2. The van der Waals surface area contributed by atoms with Gasteiger partial charge in [-0.3, -0.25) is 4.79 Å². The first-order chi connectivity index (χ1) is 13.1. The Morgan fingerprint density at radius 1 is 0.741 bits per heavy atom. The summed E-state index contributed by atoms with van der Waals surface area (Å²) >= 11 is 0. The Hall–Kier alpha value is -3.06. The standard InChI is InChI=1S/C20H24N2O5/c21-15-8-3-5-10-17(15)26-19(23)12-2-1-7-13-25-14-20(24)27-18-11-6-4-9-16(18)22/h3-6,8-11H,1-2,7,12-14,21-22H2. The van der Waals surface area contributed by atoms with Crippen molar-refractivity contribution in [1.29, 1.82) is 0 Å². The van der Waals surface area contributed by atoms with E-state index in [1.165, 1.54) is 0 Å². The topological polar surface area (TPSA) is 114 Å². The van der Waals surface area contributed by atoms with Gasteiger partial charge in [-0.2, -0.15) is 0 Å². The number of unbranched alkanes of at least 4 members (excludes halogenated alkanes) is 2. The molecule has 0 aliphatic heterocycles. The molecule has 2 aromatic rings. The van der Waals surface area contributed by atoms with Gasteiger partial charge in [-0.1, -0.05) is 30.7 Å². The van der Waals surface area contributed by atoms with Gasteiger partial charge in [0, 0.05) is 13.0 Å². The van der Waals surface area contributed by atoms with Crippen LogP contribution in [-0.4, -0.2) is 25.2 Å². The summed E-state index contributed by atoms with van der Waals surface area (Å²) in [6.45, 7) is 0.254. The molecule has 7 heteroatoms. The van der Waals surface area contributed by atoms with E-state index < -0.39 is 5.97 Å². The highest BCUT2D eigenvalue weighted by molar-refractivity contribution is 5.75. The third-order valence-electron chi connectivity index (χ3n) is 3.68. The van der Waals surface area contributed by atoms with E-state index in [2.05, 4.69) is 0 Å². The first kappa shape index (κ1) is 20.3. The molecule has 7 nitrogen and oxygen atoms in total. The zero-order valence-corrected chi connectivity index (χ0v) is 15.1. The number of nitrogen functional groups attached to an aromatic ring is 2. The number of hydrogen-bond donors (Lipinski definition) is 2. The summed E-state index contributed by atoms with van der Waals surface area (Å²) < 4.78 is 15.6. The van der Waals surface area contributed by atoms with Crippen LogP contribution in [0.5, 0.6) is 11.5 Å². The Morgan fingerprint density at radius 2 is 1.30 bits per heavy atom. The van der Waals surface area contributed by atoms with Gasteiger partial charge in [0.2, 0.25) is 0 Å². The van der Waals surface area contributed by atoms with Crippen molar-refractivity contribution >= 4 is 23.3 Å². The van der Waals surface area contributed by atoms with Crippen LogP contribution in [0.15, 0.2) is 48.5 Å². The Morgan fingerprint density at radius 3 is 1.89 bits per heavy atom. The second kappa shape index (κ2) is 10.8. The molecule has 0 unspecified atom stereocenters. The highest BCUT2D eigenvalue weighted by Gasteiger charge is 2.08. The summed E-state index contributed by atoms with van der Waals surface area (Å²) in [6, 6.07) is 13.6. The van der Waals surface area contributed by atoms with E-state index in [9.17, 15) is 9.59 Å². The number of ether oxygens (including phenoxy) is 3. The zero-order chi connectivity index (χ0) is 19.5. The van der Waals surface area contributed by atoms with Crippen molar-refractivity contribution in [3.05, 3.63) is 48.5 Å². The summed E-state index contributed by atoms with van der Waals surface area (Å²) in [5, 5.41) is 0. The Kier molecular flexibility index (Phi) is 8.12. The van der Waals surface area contributed by atoms with Crippen molar-refractivity contribution in [2.45, 2.75) is 25.7 Å². The van der Waals surface area contributed by atoms with Crippen molar-refractivity contribution in [1.82, 2.24) is 0 Å². The van der Waals surface area contributed by atoms with Gasteiger partial charge in [0.1, 0.15) is 6.61 Å². The summed E-state index contributed by atoms with van der Waals surface area (Å²) in [7, 11) is 0. The molecule has 2 aromatic carbocycles. The lowest BCUT2D eigenvalue weighted by atomic mass is 10.2. The van der Waals surface area contributed by atoms with Gasteiger partial charge in [-0.25, -0.2) is 4.79 Å². The minimum Gasteiger partial charge on any atom is -0.424 e. The molecule has 144 valence electrons. The molecule has 2 rings (SSSR count). The quantitative estimate of drug-likeness (QED) is 0.285. The van der Waals surface area contributed by atoms with E-state index in [0.29, 0.717) is 42.3 Å². The maximum Gasteiger partial charge on any atom is 0.337 e. The molecule has 0 bridgehead atoms. The van der Waals surface area contributed by atoms with E-state index >= 15 is 0 Å². The predicted molar refractivity (Wildman–Crippen MR) is 102 cm³/mol. The molecule has 0 heterocycles.